The monoisotopic (exact) mass is 282 g/mol. The molecule has 0 heterocycles. The second kappa shape index (κ2) is 6.61. The van der Waals surface area contributed by atoms with Crippen LogP contribution < -0.4 is 0 Å². The van der Waals surface area contributed by atoms with Crippen LogP contribution in [0.5, 0.6) is 0 Å². The lowest BCUT2D eigenvalue weighted by Crippen LogP contribution is -2.02. The van der Waals surface area contributed by atoms with Crippen LogP contribution in [0.3, 0.4) is 0 Å². The van der Waals surface area contributed by atoms with E-state index in [1.165, 1.54) is 3.82 Å². The van der Waals surface area contributed by atoms with Crippen molar-refractivity contribution in [2.75, 3.05) is 6.54 Å². The van der Waals surface area contributed by atoms with E-state index in [2.05, 4.69) is 4.99 Å². The molecule has 0 aliphatic heterocycles. The quantitative estimate of drug-likeness (QED) is 0.455. The highest BCUT2D eigenvalue weighted by atomic mass is 35.7. The van der Waals surface area contributed by atoms with Crippen LogP contribution in [0.2, 0.25) is 5.02 Å². The standard InChI is InChI=1S/C9H9Cl3N2S/c1-7-6-8(10)2-3-9(7)13-4-5-14(11)15-12/h2-4,6H,5H2,1H3. The number of aryl methyl sites for hydroxylation is 1. The average Bonchev–Trinajstić information content (AvgIpc) is 2.21. The minimum atomic E-state index is 0.470. The Balaban J connectivity index is 2.64. The molecule has 0 aromatic heterocycles. The van der Waals surface area contributed by atoms with Gasteiger partial charge in [-0.1, -0.05) is 11.6 Å². The number of rotatable bonds is 4. The van der Waals surface area contributed by atoms with Gasteiger partial charge in [-0.2, -0.15) is 0 Å². The van der Waals surface area contributed by atoms with Crippen LogP contribution in [0, 0.1) is 6.92 Å². The van der Waals surface area contributed by atoms with E-state index in [0.29, 0.717) is 11.6 Å². The fraction of sp³-hybridized carbons (Fsp3) is 0.222. The maximum atomic E-state index is 5.82. The lowest BCUT2D eigenvalue weighted by Gasteiger charge is -2.03. The summed E-state index contributed by atoms with van der Waals surface area (Å²) < 4.78 is 1.34. The zero-order valence-electron chi connectivity index (χ0n) is 7.95. The van der Waals surface area contributed by atoms with Gasteiger partial charge in [0.1, 0.15) is 0 Å². The molecule has 1 rings (SSSR count). The van der Waals surface area contributed by atoms with Crippen molar-refractivity contribution in [3.63, 3.8) is 0 Å². The number of aliphatic imine (C=N–C) groups is 1. The molecule has 0 radical (unpaired) electrons. The van der Waals surface area contributed by atoms with Gasteiger partial charge in [-0.25, -0.2) is 0 Å². The summed E-state index contributed by atoms with van der Waals surface area (Å²) in [6.45, 7) is 2.42. The van der Waals surface area contributed by atoms with Crippen LogP contribution in [0.25, 0.3) is 0 Å². The van der Waals surface area contributed by atoms with Crippen molar-refractivity contribution in [3.8, 4) is 0 Å². The Kier molecular flexibility index (Phi) is 5.79. The number of halogens is 3. The zero-order chi connectivity index (χ0) is 11.3. The van der Waals surface area contributed by atoms with Crippen LogP contribution in [-0.4, -0.2) is 16.6 Å². The predicted molar refractivity (Wildman–Crippen MR) is 70.3 cm³/mol. The molecule has 0 saturated carbocycles. The Labute approximate surface area is 108 Å². The Morgan fingerprint density at radius 2 is 2.27 bits per heavy atom. The van der Waals surface area contributed by atoms with E-state index in [0.717, 1.165) is 22.4 Å². The van der Waals surface area contributed by atoms with Crippen LogP contribution >= 0.6 is 45.2 Å². The second-order valence-corrected chi connectivity index (χ2v) is 4.85. The van der Waals surface area contributed by atoms with Gasteiger partial charge in [0.2, 0.25) is 0 Å². The molecule has 0 unspecified atom stereocenters. The minimum absolute atomic E-state index is 0.470. The molecule has 1 aromatic rings. The number of nitrogens with zero attached hydrogens (tertiary/aromatic N) is 2. The smallest absolute Gasteiger partial charge is 0.0656 e. The summed E-state index contributed by atoms with van der Waals surface area (Å²) in [6.07, 6.45) is 1.69. The molecule has 0 saturated heterocycles. The third-order valence-electron chi connectivity index (χ3n) is 1.69. The van der Waals surface area contributed by atoms with Gasteiger partial charge >= 0.3 is 0 Å². The molecule has 1 aromatic carbocycles. The molecule has 0 atom stereocenters. The molecule has 6 heteroatoms. The van der Waals surface area contributed by atoms with Gasteiger partial charge in [0.15, 0.2) is 0 Å². The number of benzene rings is 1. The molecular weight excluding hydrogens is 275 g/mol. The zero-order valence-corrected chi connectivity index (χ0v) is 11.0. The summed E-state index contributed by atoms with van der Waals surface area (Å²) in [6, 6.07) is 5.53. The van der Waals surface area contributed by atoms with E-state index in [1.807, 2.05) is 19.1 Å². The van der Waals surface area contributed by atoms with Gasteiger partial charge in [0, 0.05) is 22.4 Å². The van der Waals surface area contributed by atoms with Crippen LogP contribution in [-0.2, 0) is 0 Å². The van der Waals surface area contributed by atoms with E-state index in [1.54, 1.807) is 12.3 Å². The number of hydrogen-bond donors (Lipinski definition) is 0. The van der Waals surface area contributed by atoms with Crippen LogP contribution in [0.15, 0.2) is 23.2 Å². The second-order valence-electron chi connectivity index (χ2n) is 2.81. The first-order valence-electron chi connectivity index (χ1n) is 4.14. The van der Waals surface area contributed by atoms with Gasteiger partial charge in [0.25, 0.3) is 0 Å². The van der Waals surface area contributed by atoms with E-state index in [9.17, 15) is 0 Å². The fourth-order valence-electron chi connectivity index (χ4n) is 0.995. The Morgan fingerprint density at radius 1 is 1.53 bits per heavy atom. The fourth-order valence-corrected chi connectivity index (χ4v) is 1.58. The van der Waals surface area contributed by atoms with Gasteiger partial charge in [0.05, 0.1) is 12.2 Å². The Morgan fingerprint density at radius 3 is 2.87 bits per heavy atom. The molecular formula is C9H9Cl3N2S. The van der Waals surface area contributed by atoms with E-state index in [-0.39, 0.29) is 0 Å². The summed E-state index contributed by atoms with van der Waals surface area (Å²) in [7, 11) is 5.42. The molecule has 2 nitrogen and oxygen atoms in total. The molecule has 0 spiro atoms. The third-order valence-corrected chi connectivity index (χ3v) is 3.28. The largest absolute Gasteiger partial charge is 0.260 e. The van der Waals surface area contributed by atoms with Crippen molar-refractivity contribution in [2.24, 2.45) is 4.99 Å². The topological polar surface area (TPSA) is 15.6 Å². The number of hydrogen-bond acceptors (Lipinski definition) is 3. The highest BCUT2D eigenvalue weighted by Gasteiger charge is 1.98. The van der Waals surface area contributed by atoms with Gasteiger partial charge < -0.3 is 0 Å². The molecule has 0 aliphatic carbocycles. The molecule has 0 amide bonds. The molecule has 0 N–H and O–H groups in total. The Bertz CT molecular complexity index is 357. The summed E-state index contributed by atoms with van der Waals surface area (Å²) in [5, 5.41) is 0.710. The highest BCUT2D eigenvalue weighted by molar-refractivity contribution is 8.19. The highest BCUT2D eigenvalue weighted by Crippen LogP contribution is 2.22. The van der Waals surface area contributed by atoms with Crippen molar-refractivity contribution in [1.29, 1.82) is 0 Å². The average molecular weight is 284 g/mol. The molecule has 82 valence electrons. The summed E-state index contributed by atoms with van der Waals surface area (Å²) in [4.78, 5) is 4.25. The van der Waals surface area contributed by atoms with Gasteiger partial charge in [-0.15, -0.1) is 3.82 Å². The van der Waals surface area contributed by atoms with E-state index < -0.39 is 0 Å². The van der Waals surface area contributed by atoms with Crippen molar-refractivity contribution in [1.82, 2.24) is 3.82 Å². The minimum Gasteiger partial charge on any atom is -0.260 e. The Hall–Kier alpha value is 0.0700. The van der Waals surface area contributed by atoms with Crippen molar-refractivity contribution < 1.29 is 0 Å². The van der Waals surface area contributed by atoms with E-state index >= 15 is 0 Å². The van der Waals surface area contributed by atoms with Gasteiger partial charge in [-0.3, -0.25) is 4.99 Å². The maximum absolute atomic E-state index is 5.82. The van der Waals surface area contributed by atoms with Crippen LogP contribution in [0.4, 0.5) is 5.69 Å². The molecule has 15 heavy (non-hydrogen) atoms. The van der Waals surface area contributed by atoms with Crippen LogP contribution in [0.1, 0.15) is 5.56 Å². The SMILES string of the molecule is Cc1cc(Cl)ccc1N=CCN(Cl)SCl. The first-order valence-corrected chi connectivity index (χ1v) is 6.45. The van der Waals surface area contributed by atoms with E-state index in [4.69, 9.17) is 34.1 Å². The summed E-state index contributed by atoms with van der Waals surface area (Å²) in [5.74, 6) is 0. The predicted octanol–water partition coefficient (Wildman–Crippen LogP) is 4.61. The van der Waals surface area contributed by atoms with Crippen molar-refractivity contribution >= 4 is 57.1 Å². The first kappa shape index (κ1) is 13.1. The lowest BCUT2D eigenvalue weighted by molar-refractivity contribution is 0.867. The van der Waals surface area contributed by atoms with Crippen molar-refractivity contribution in [2.45, 2.75) is 6.92 Å². The lowest BCUT2D eigenvalue weighted by atomic mass is 10.2. The summed E-state index contributed by atoms with van der Waals surface area (Å²) >= 11 is 12.4. The maximum Gasteiger partial charge on any atom is 0.0656 e. The molecule has 0 fully saturated rings. The van der Waals surface area contributed by atoms with Crippen molar-refractivity contribution in [3.05, 3.63) is 28.8 Å². The normalized spacial score (nSPS) is 11.5. The molecule has 0 bridgehead atoms. The molecule has 0 aliphatic rings. The van der Waals surface area contributed by atoms with Gasteiger partial charge in [-0.05, 0) is 53.1 Å². The third kappa shape index (κ3) is 4.62. The first-order chi connectivity index (χ1) is 7.13. The summed E-state index contributed by atoms with van der Waals surface area (Å²) in [5.41, 5.74) is 1.91.